The van der Waals surface area contributed by atoms with E-state index in [1.165, 1.54) is 0 Å². The van der Waals surface area contributed by atoms with Crippen molar-refractivity contribution in [3.05, 3.63) is 46.6 Å². The molecule has 0 fully saturated rings. The van der Waals surface area contributed by atoms with Gasteiger partial charge in [-0.3, -0.25) is 5.32 Å². The summed E-state index contributed by atoms with van der Waals surface area (Å²) in [5, 5.41) is 5.41. The van der Waals surface area contributed by atoms with Gasteiger partial charge in [0.25, 0.3) is 0 Å². The minimum absolute atomic E-state index is 0.329. The van der Waals surface area contributed by atoms with Crippen LogP contribution in [0.15, 0.2) is 41.0 Å². The summed E-state index contributed by atoms with van der Waals surface area (Å²) in [6, 6.07) is 8.65. The Bertz CT molecular complexity index is 647. The van der Waals surface area contributed by atoms with Crippen molar-refractivity contribution in [3.8, 4) is 11.5 Å². The molecule has 0 spiro atoms. The zero-order chi connectivity index (χ0) is 15.9. The molecule has 0 aliphatic rings. The average molecular weight is 366 g/mol. The Morgan fingerprint density at radius 1 is 1.18 bits per heavy atom. The second kappa shape index (κ2) is 7.65. The third kappa shape index (κ3) is 4.36. The first-order valence-corrected chi connectivity index (χ1v) is 7.29. The lowest BCUT2D eigenvalue weighted by atomic mass is 10.2. The number of nitrogens with zero attached hydrogens (tertiary/aromatic N) is 1. The number of rotatable bonds is 5. The van der Waals surface area contributed by atoms with Gasteiger partial charge in [0.15, 0.2) is 11.5 Å². The number of anilines is 1. The van der Waals surface area contributed by atoms with E-state index in [1.807, 2.05) is 12.1 Å². The van der Waals surface area contributed by atoms with Crippen LogP contribution in [0.3, 0.4) is 0 Å². The number of urea groups is 1. The second-order valence-electron chi connectivity index (χ2n) is 4.36. The molecule has 0 saturated heterocycles. The van der Waals surface area contributed by atoms with Crippen molar-refractivity contribution in [1.29, 1.82) is 0 Å². The summed E-state index contributed by atoms with van der Waals surface area (Å²) >= 11 is 3.29. The molecule has 0 unspecified atom stereocenters. The molecule has 2 amide bonds. The van der Waals surface area contributed by atoms with E-state index in [2.05, 4.69) is 31.5 Å². The van der Waals surface area contributed by atoms with Crippen molar-refractivity contribution in [2.24, 2.45) is 0 Å². The number of nitrogens with one attached hydrogen (secondary N) is 2. The van der Waals surface area contributed by atoms with Crippen molar-refractivity contribution in [3.63, 3.8) is 0 Å². The molecule has 0 atom stereocenters. The molecule has 0 aliphatic heterocycles. The van der Waals surface area contributed by atoms with Crippen molar-refractivity contribution >= 4 is 27.8 Å². The van der Waals surface area contributed by atoms with E-state index in [-0.39, 0.29) is 6.03 Å². The maximum absolute atomic E-state index is 11.8. The van der Waals surface area contributed by atoms with Gasteiger partial charge in [-0.15, -0.1) is 0 Å². The first-order valence-electron chi connectivity index (χ1n) is 6.49. The van der Waals surface area contributed by atoms with Crippen molar-refractivity contribution in [2.45, 2.75) is 6.54 Å². The maximum Gasteiger partial charge on any atom is 0.320 e. The van der Waals surface area contributed by atoms with Gasteiger partial charge in [0.1, 0.15) is 5.82 Å². The van der Waals surface area contributed by atoms with E-state index in [0.29, 0.717) is 23.9 Å². The van der Waals surface area contributed by atoms with E-state index >= 15 is 0 Å². The number of ether oxygens (including phenoxy) is 2. The summed E-state index contributed by atoms with van der Waals surface area (Å²) in [5.41, 5.74) is 0.900. The molecule has 1 heterocycles. The largest absolute Gasteiger partial charge is 0.493 e. The molecule has 0 radical (unpaired) electrons. The van der Waals surface area contributed by atoms with Crippen LogP contribution < -0.4 is 20.1 Å². The van der Waals surface area contributed by atoms with Gasteiger partial charge in [0, 0.05) is 17.2 Å². The van der Waals surface area contributed by atoms with Gasteiger partial charge < -0.3 is 14.8 Å². The van der Waals surface area contributed by atoms with E-state index in [9.17, 15) is 4.79 Å². The van der Waals surface area contributed by atoms with Gasteiger partial charge in [0.2, 0.25) is 0 Å². The van der Waals surface area contributed by atoms with E-state index in [1.54, 1.807) is 38.6 Å². The Labute approximate surface area is 137 Å². The predicted molar refractivity (Wildman–Crippen MR) is 87.3 cm³/mol. The number of aromatic nitrogens is 1. The lowest BCUT2D eigenvalue weighted by molar-refractivity contribution is 0.251. The number of amides is 2. The Hall–Kier alpha value is -2.28. The Morgan fingerprint density at radius 2 is 1.95 bits per heavy atom. The number of pyridine rings is 1. The topological polar surface area (TPSA) is 72.5 Å². The second-order valence-corrected chi connectivity index (χ2v) is 5.27. The minimum atomic E-state index is -0.329. The Morgan fingerprint density at radius 3 is 2.59 bits per heavy atom. The summed E-state index contributed by atoms with van der Waals surface area (Å²) in [6.07, 6.45) is 1.62. The number of carbonyl (C=O) groups is 1. The van der Waals surface area contributed by atoms with Crippen LogP contribution in [-0.4, -0.2) is 25.2 Å². The quantitative estimate of drug-likeness (QED) is 0.853. The zero-order valence-corrected chi connectivity index (χ0v) is 13.8. The highest BCUT2D eigenvalue weighted by molar-refractivity contribution is 9.10. The number of methoxy groups -OCH3 is 2. The molecule has 0 bridgehead atoms. The first kappa shape index (κ1) is 16.1. The SMILES string of the molecule is COc1ccc(CNC(=O)Nc2ccc(Br)cn2)cc1OC. The van der Waals surface area contributed by atoms with Gasteiger partial charge in [-0.1, -0.05) is 6.07 Å². The third-order valence-electron chi connectivity index (χ3n) is 2.87. The van der Waals surface area contributed by atoms with Crippen LogP contribution >= 0.6 is 15.9 Å². The highest BCUT2D eigenvalue weighted by atomic mass is 79.9. The van der Waals surface area contributed by atoms with E-state index in [4.69, 9.17) is 9.47 Å². The van der Waals surface area contributed by atoms with Gasteiger partial charge in [-0.2, -0.15) is 0 Å². The van der Waals surface area contributed by atoms with Crippen LogP contribution in [0.25, 0.3) is 0 Å². The van der Waals surface area contributed by atoms with Crippen LogP contribution in [0.4, 0.5) is 10.6 Å². The number of hydrogen-bond acceptors (Lipinski definition) is 4. The summed E-state index contributed by atoms with van der Waals surface area (Å²) in [5.74, 6) is 1.75. The van der Waals surface area contributed by atoms with Gasteiger partial charge >= 0.3 is 6.03 Å². The monoisotopic (exact) mass is 365 g/mol. The lowest BCUT2D eigenvalue weighted by Crippen LogP contribution is -2.28. The molecule has 2 N–H and O–H groups in total. The molecule has 0 aliphatic carbocycles. The van der Waals surface area contributed by atoms with E-state index in [0.717, 1.165) is 10.0 Å². The van der Waals surface area contributed by atoms with E-state index < -0.39 is 0 Å². The molecule has 1 aromatic heterocycles. The van der Waals surface area contributed by atoms with Crippen LogP contribution in [0.5, 0.6) is 11.5 Å². The summed E-state index contributed by atoms with van der Waals surface area (Å²) in [4.78, 5) is 15.9. The molecule has 116 valence electrons. The van der Waals surface area contributed by atoms with Crippen molar-refractivity contribution in [2.75, 3.05) is 19.5 Å². The fourth-order valence-corrected chi connectivity index (χ4v) is 2.02. The lowest BCUT2D eigenvalue weighted by Gasteiger charge is -2.10. The molecule has 2 aromatic rings. The number of halogens is 1. The van der Waals surface area contributed by atoms with Gasteiger partial charge in [-0.25, -0.2) is 9.78 Å². The molecule has 7 heteroatoms. The Balaban J connectivity index is 1.92. The zero-order valence-electron chi connectivity index (χ0n) is 12.2. The highest BCUT2D eigenvalue weighted by Crippen LogP contribution is 2.27. The molecule has 22 heavy (non-hydrogen) atoms. The molecule has 2 rings (SSSR count). The summed E-state index contributed by atoms with van der Waals surface area (Å²) in [7, 11) is 3.15. The van der Waals surface area contributed by atoms with Crippen LogP contribution in [-0.2, 0) is 6.54 Å². The van der Waals surface area contributed by atoms with Crippen LogP contribution in [0.1, 0.15) is 5.56 Å². The maximum atomic E-state index is 11.8. The summed E-state index contributed by atoms with van der Waals surface area (Å²) < 4.78 is 11.2. The number of benzene rings is 1. The van der Waals surface area contributed by atoms with Crippen molar-refractivity contribution in [1.82, 2.24) is 10.3 Å². The standard InChI is InChI=1S/C15H16BrN3O3/c1-21-12-5-3-10(7-13(12)22-2)8-18-15(20)19-14-6-4-11(16)9-17-14/h3-7,9H,8H2,1-2H3,(H2,17,18,19,20). The predicted octanol–water partition coefficient (Wildman–Crippen LogP) is 3.18. The first-order chi connectivity index (χ1) is 10.6. The smallest absolute Gasteiger partial charge is 0.320 e. The molecule has 1 aromatic carbocycles. The Kier molecular flexibility index (Phi) is 5.60. The number of carbonyl (C=O) groups excluding carboxylic acids is 1. The van der Waals surface area contributed by atoms with Gasteiger partial charge in [-0.05, 0) is 45.8 Å². The fourth-order valence-electron chi connectivity index (χ4n) is 1.78. The van der Waals surface area contributed by atoms with Crippen LogP contribution in [0.2, 0.25) is 0 Å². The highest BCUT2D eigenvalue weighted by Gasteiger charge is 2.06. The molecule has 6 nitrogen and oxygen atoms in total. The normalized spacial score (nSPS) is 9.95. The van der Waals surface area contributed by atoms with Crippen LogP contribution in [0, 0.1) is 0 Å². The average Bonchev–Trinajstić information content (AvgIpc) is 2.54. The van der Waals surface area contributed by atoms with Gasteiger partial charge in [0.05, 0.1) is 14.2 Å². The third-order valence-corrected chi connectivity index (χ3v) is 3.34. The minimum Gasteiger partial charge on any atom is -0.493 e. The molecular formula is C15H16BrN3O3. The fraction of sp³-hybridized carbons (Fsp3) is 0.200. The molecular weight excluding hydrogens is 350 g/mol. The number of hydrogen-bond donors (Lipinski definition) is 2. The summed E-state index contributed by atoms with van der Waals surface area (Å²) in [6.45, 7) is 0.364. The van der Waals surface area contributed by atoms with Crippen molar-refractivity contribution < 1.29 is 14.3 Å². The molecule has 0 saturated carbocycles.